The Bertz CT molecular complexity index is 940. The minimum atomic E-state index is -4.90. The molecule has 1 heterocycles. The van der Waals surface area contributed by atoms with Crippen molar-refractivity contribution < 1.29 is 35.8 Å². The van der Waals surface area contributed by atoms with E-state index in [-0.39, 0.29) is 18.8 Å². The zero-order valence-corrected chi connectivity index (χ0v) is 15.7. The molecule has 11 heteroatoms. The zero-order chi connectivity index (χ0) is 22.1. The van der Waals surface area contributed by atoms with Crippen LogP contribution in [-0.2, 0) is 10.9 Å². The van der Waals surface area contributed by atoms with E-state index in [2.05, 4.69) is 0 Å². The van der Waals surface area contributed by atoms with Crippen LogP contribution in [0.5, 0.6) is 5.75 Å². The molecule has 160 valence electrons. The maximum atomic E-state index is 13.5. The van der Waals surface area contributed by atoms with Crippen LogP contribution in [0.25, 0.3) is 0 Å². The van der Waals surface area contributed by atoms with Crippen molar-refractivity contribution in [1.29, 1.82) is 5.26 Å². The quantitative estimate of drug-likeness (QED) is 0.585. The maximum Gasteiger partial charge on any atom is 0.433 e. The van der Waals surface area contributed by atoms with E-state index in [0.717, 1.165) is 12.1 Å². The molecule has 2 aromatic carbocycles. The second-order valence-corrected chi connectivity index (χ2v) is 6.85. The van der Waals surface area contributed by atoms with Gasteiger partial charge in [-0.3, -0.25) is 0 Å². The van der Waals surface area contributed by atoms with E-state index >= 15 is 0 Å². The van der Waals surface area contributed by atoms with Crippen molar-refractivity contribution >= 4 is 17.3 Å². The molecule has 1 fully saturated rings. The number of nitriles is 1. The van der Waals surface area contributed by atoms with Crippen molar-refractivity contribution in [3.05, 3.63) is 58.6 Å². The molecular weight excluding hydrogens is 438 g/mol. The predicted molar refractivity (Wildman–Crippen MR) is 95.2 cm³/mol. The van der Waals surface area contributed by atoms with Gasteiger partial charge in [0.15, 0.2) is 0 Å². The maximum absolute atomic E-state index is 13.5. The standard InChI is InChI=1S/C19H13ClF6N2O2/c20-12-2-5-14(6-3-12)29-10-15-9-28(17(30-15)19(24,25)26)13-4-1-11(8-27)16(7-13)18(21,22)23/h1-7,15,17H,9-10H2/t15-,17+/m0/s1. The van der Waals surface area contributed by atoms with Crippen LogP contribution >= 0.6 is 11.6 Å². The number of nitrogens with zero attached hydrogens (tertiary/aromatic N) is 2. The highest BCUT2D eigenvalue weighted by molar-refractivity contribution is 6.30. The third-order valence-corrected chi connectivity index (χ3v) is 4.55. The number of hydrogen-bond acceptors (Lipinski definition) is 4. The molecular formula is C19H13ClF6N2O2. The minimum absolute atomic E-state index is 0.257. The summed E-state index contributed by atoms with van der Waals surface area (Å²) >= 11 is 5.75. The Morgan fingerprint density at radius 1 is 1.10 bits per heavy atom. The second kappa shape index (κ2) is 8.24. The van der Waals surface area contributed by atoms with Gasteiger partial charge in [-0.05, 0) is 42.5 Å². The van der Waals surface area contributed by atoms with Crippen LogP contribution in [0.1, 0.15) is 11.1 Å². The number of halogens is 7. The number of benzene rings is 2. The van der Waals surface area contributed by atoms with E-state index < -0.39 is 35.8 Å². The van der Waals surface area contributed by atoms with Crippen molar-refractivity contribution in [2.24, 2.45) is 0 Å². The minimum Gasteiger partial charge on any atom is -0.491 e. The average Bonchev–Trinajstić information content (AvgIpc) is 3.11. The van der Waals surface area contributed by atoms with Crippen LogP contribution in [0.15, 0.2) is 42.5 Å². The first-order valence-electron chi connectivity index (χ1n) is 8.47. The van der Waals surface area contributed by atoms with Crippen molar-refractivity contribution in [1.82, 2.24) is 0 Å². The lowest BCUT2D eigenvalue weighted by atomic mass is 10.1. The molecule has 30 heavy (non-hydrogen) atoms. The summed E-state index contributed by atoms with van der Waals surface area (Å²) < 4.78 is 90.4. The SMILES string of the molecule is N#Cc1ccc(N2C[C@@H](COc3ccc(Cl)cc3)O[C@@H]2C(F)(F)F)cc1C(F)(F)F. The van der Waals surface area contributed by atoms with E-state index in [0.29, 0.717) is 21.7 Å². The van der Waals surface area contributed by atoms with Crippen LogP contribution in [0.3, 0.4) is 0 Å². The summed E-state index contributed by atoms with van der Waals surface area (Å²) in [6, 6.07) is 9.88. The van der Waals surface area contributed by atoms with Crippen molar-refractivity contribution in [3.8, 4) is 11.8 Å². The lowest BCUT2D eigenvalue weighted by Crippen LogP contribution is -2.42. The second-order valence-electron chi connectivity index (χ2n) is 6.41. The molecule has 0 unspecified atom stereocenters. The molecule has 0 N–H and O–H groups in total. The molecule has 2 atom stereocenters. The first kappa shape index (κ1) is 22.1. The van der Waals surface area contributed by atoms with Gasteiger partial charge >= 0.3 is 12.4 Å². The average molecular weight is 451 g/mol. The zero-order valence-electron chi connectivity index (χ0n) is 15.0. The van der Waals surface area contributed by atoms with Crippen LogP contribution < -0.4 is 9.64 Å². The monoisotopic (exact) mass is 450 g/mol. The van der Waals surface area contributed by atoms with Gasteiger partial charge in [-0.1, -0.05) is 11.6 Å². The fraction of sp³-hybridized carbons (Fsp3) is 0.316. The topological polar surface area (TPSA) is 45.5 Å². The Kier molecular flexibility index (Phi) is 6.06. The van der Waals surface area contributed by atoms with E-state index in [1.807, 2.05) is 0 Å². The first-order chi connectivity index (χ1) is 14.0. The van der Waals surface area contributed by atoms with Gasteiger partial charge in [0.2, 0.25) is 6.23 Å². The fourth-order valence-corrected chi connectivity index (χ4v) is 3.09. The van der Waals surface area contributed by atoms with Gasteiger partial charge in [-0.15, -0.1) is 0 Å². The normalized spacial score (nSPS) is 19.6. The highest BCUT2D eigenvalue weighted by Gasteiger charge is 2.51. The van der Waals surface area contributed by atoms with Gasteiger partial charge in [0, 0.05) is 10.7 Å². The summed E-state index contributed by atoms with van der Waals surface area (Å²) in [5.74, 6) is 0.350. The number of rotatable bonds is 4. The van der Waals surface area contributed by atoms with Crippen molar-refractivity contribution in [3.63, 3.8) is 0 Å². The lowest BCUT2D eigenvalue weighted by Gasteiger charge is -2.27. The largest absolute Gasteiger partial charge is 0.491 e. The summed E-state index contributed by atoms with van der Waals surface area (Å²) in [6.45, 7) is -0.617. The third kappa shape index (κ3) is 4.91. The predicted octanol–water partition coefficient (Wildman–Crippen LogP) is 5.40. The number of ether oxygens (including phenoxy) is 2. The van der Waals surface area contributed by atoms with E-state index in [9.17, 15) is 26.3 Å². The Morgan fingerprint density at radius 3 is 2.33 bits per heavy atom. The summed E-state index contributed by atoms with van der Waals surface area (Å²) in [5, 5.41) is 9.31. The Labute approximate surface area is 172 Å². The first-order valence-corrected chi connectivity index (χ1v) is 8.85. The Hall–Kier alpha value is -2.64. The number of alkyl halides is 6. The molecule has 1 aliphatic rings. The van der Waals surface area contributed by atoms with E-state index in [1.165, 1.54) is 30.3 Å². The molecule has 0 amide bonds. The molecule has 0 bridgehead atoms. The Morgan fingerprint density at radius 2 is 1.77 bits per heavy atom. The third-order valence-electron chi connectivity index (χ3n) is 4.29. The smallest absolute Gasteiger partial charge is 0.433 e. The Balaban J connectivity index is 1.84. The summed E-state index contributed by atoms with van der Waals surface area (Å²) in [4.78, 5) is 0.673. The number of hydrogen-bond donors (Lipinski definition) is 0. The molecule has 0 aromatic heterocycles. The van der Waals surface area contributed by atoms with Crippen molar-refractivity contribution in [2.75, 3.05) is 18.1 Å². The van der Waals surface area contributed by atoms with Crippen LogP contribution in [-0.4, -0.2) is 31.7 Å². The lowest BCUT2D eigenvalue weighted by molar-refractivity contribution is -0.215. The highest BCUT2D eigenvalue weighted by Crippen LogP contribution is 2.39. The number of anilines is 1. The molecule has 0 radical (unpaired) electrons. The van der Waals surface area contributed by atoms with Crippen molar-refractivity contribution in [2.45, 2.75) is 24.7 Å². The molecule has 0 spiro atoms. The van der Waals surface area contributed by atoms with Gasteiger partial charge < -0.3 is 14.4 Å². The fourth-order valence-electron chi connectivity index (χ4n) is 2.96. The van der Waals surface area contributed by atoms with E-state index in [4.69, 9.17) is 26.3 Å². The van der Waals surface area contributed by atoms with Gasteiger partial charge in [0.1, 0.15) is 18.5 Å². The van der Waals surface area contributed by atoms with Crippen LogP contribution in [0, 0.1) is 11.3 Å². The summed E-state index contributed by atoms with van der Waals surface area (Å²) in [7, 11) is 0. The van der Waals surface area contributed by atoms with Gasteiger partial charge in [-0.25, -0.2) is 0 Å². The van der Waals surface area contributed by atoms with Gasteiger partial charge in [0.05, 0.1) is 23.7 Å². The molecule has 1 aliphatic heterocycles. The molecule has 1 saturated heterocycles. The summed E-state index contributed by atoms with van der Waals surface area (Å²) in [6.07, 6.45) is -13.3. The van der Waals surface area contributed by atoms with Crippen LogP contribution in [0.4, 0.5) is 32.0 Å². The summed E-state index contributed by atoms with van der Waals surface area (Å²) in [5.41, 5.74) is -2.36. The molecule has 2 aromatic rings. The molecule has 3 rings (SSSR count). The molecule has 0 saturated carbocycles. The molecule has 4 nitrogen and oxygen atoms in total. The van der Waals surface area contributed by atoms with E-state index in [1.54, 1.807) is 0 Å². The van der Waals surface area contributed by atoms with Crippen LogP contribution in [0.2, 0.25) is 5.02 Å². The highest BCUT2D eigenvalue weighted by atomic mass is 35.5. The van der Waals surface area contributed by atoms with Gasteiger partial charge in [-0.2, -0.15) is 31.6 Å². The van der Waals surface area contributed by atoms with Gasteiger partial charge in [0.25, 0.3) is 0 Å². The molecule has 0 aliphatic carbocycles.